The maximum absolute atomic E-state index is 13.5. The van der Waals surface area contributed by atoms with Crippen LogP contribution in [0.15, 0.2) is 47.1 Å². The van der Waals surface area contributed by atoms with Gasteiger partial charge in [-0.3, -0.25) is 4.79 Å². The van der Waals surface area contributed by atoms with E-state index >= 15 is 0 Å². The molecule has 1 unspecified atom stereocenters. The molecule has 1 aliphatic heterocycles. The van der Waals surface area contributed by atoms with Crippen molar-refractivity contribution in [3.05, 3.63) is 58.4 Å². The number of nitriles is 1. The Balaban J connectivity index is 2.20. The Morgan fingerprint density at radius 1 is 1.38 bits per heavy atom. The molecule has 21 heavy (non-hydrogen) atoms. The molecule has 5 heteroatoms. The van der Waals surface area contributed by atoms with Gasteiger partial charge in [-0.2, -0.15) is 5.26 Å². The molecule has 1 aromatic rings. The van der Waals surface area contributed by atoms with Gasteiger partial charge in [0.2, 0.25) is 5.88 Å². The number of ether oxygens (including phenoxy) is 1. The number of benzene rings is 1. The first-order valence-electron chi connectivity index (χ1n) is 6.71. The first-order chi connectivity index (χ1) is 10.1. The van der Waals surface area contributed by atoms with Crippen LogP contribution < -0.4 is 5.73 Å². The zero-order valence-corrected chi connectivity index (χ0v) is 11.2. The highest BCUT2D eigenvalue weighted by molar-refractivity contribution is 5.99. The van der Waals surface area contributed by atoms with E-state index in [1.165, 1.54) is 12.1 Å². The highest BCUT2D eigenvalue weighted by Crippen LogP contribution is 2.43. The first-order valence-corrected chi connectivity index (χ1v) is 6.71. The molecular formula is C16H13FN2O2. The van der Waals surface area contributed by atoms with Gasteiger partial charge >= 0.3 is 0 Å². The highest BCUT2D eigenvalue weighted by Gasteiger charge is 2.37. The van der Waals surface area contributed by atoms with E-state index in [1.54, 1.807) is 12.1 Å². The van der Waals surface area contributed by atoms with Crippen molar-refractivity contribution < 1.29 is 13.9 Å². The minimum atomic E-state index is -0.637. The monoisotopic (exact) mass is 284 g/mol. The van der Waals surface area contributed by atoms with Gasteiger partial charge in [0, 0.05) is 18.4 Å². The molecule has 0 saturated carbocycles. The van der Waals surface area contributed by atoms with Gasteiger partial charge in [0.25, 0.3) is 0 Å². The van der Waals surface area contributed by atoms with Crippen LogP contribution in [-0.4, -0.2) is 5.78 Å². The second-order valence-corrected chi connectivity index (χ2v) is 5.09. The lowest BCUT2D eigenvalue weighted by molar-refractivity contribution is -0.116. The van der Waals surface area contributed by atoms with Crippen LogP contribution in [0.1, 0.15) is 30.7 Å². The summed E-state index contributed by atoms with van der Waals surface area (Å²) < 4.78 is 19.0. The molecule has 0 amide bonds. The molecule has 0 spiro atoms. The number of nitrogens with two attached hydrogens (primary N) is 1. The lowest BCUT2D eigenvalue weighted by Crippen LogP contribution is -2.27. The summed E-state index contributed by atoms with van der Waals surface area (Å²) >= 11 is 0. The second kappa shape index (κ2) is 5.06. The van der Waals surface area contributed by atoms with Crippen LogP contribution >= 0.6 is 0 Å². The van der Waals surface area contributed by atoms with Crippen molar-refractivity contribution >= 4 is 5.78 Å². The molecule has 106 valence electrons. The van der Waals surface area contributed by atoms with Crippen molar-refractivity contribution in [2.75, 3.05) is 0 Å². The van der Waals surface area contributed by atoms with E-state index in [0.717, 1.165) is 0 Å². The Hall–Kier alpha value is -2.61. The van der Waals surface area contributed by atoms with Gasteiger partial charge in [-0.25, -0.2) is 4.39 Å². The van der Waals surface area contributed by atoms with Crippen LogP contribution in [0.3, 0.4) is 0 Å². The van der Waals surface area contributed by atoms with Gasteiger partial charge in [-0.15, -0.1) is 0 Å². The average molecular weight is 284 g/mol. The molecule has 0 saturated heterocycles. The Morgan fingerprint density at radius 2 is 2.19 bits per heavy atom. The number of carbonyl (C=O) groups is 1. The molecule has 3 rings (SSSR count). The molecule has 1 atom stereocenters. The SMILES string of the molecule is N#CC1=C(N)OC2=C(C(=O)CCC2)C1c1cccc(F)c1. The van der Waals surface area contributed by atoms with Crippen LogP contribution in [0.2, 0.25) is 0 Å². The summed E-state index contributed by atoms with van der Waals surface area (Å²) in [5, 5.41) is 9.34. The molecule has 1 aliphatic carbocycles. The van der Waals surface area contributed by atoms with E-state index < -0.39 is 11.7 Å². The van der Waals surface area contributed by atoms with Gasteiger partial charge in [-0.05, 0) is 24.1 Å². The Bertz CT molecular complexity index is 728. The molecule has 2 N–H and O–H groups in total. The lowest BCUT2D eigenvalue weighted by atomic mass is 9.77. The maximum Gasteiger partial charge on any atom is 0.205 e. The molecule has 0 fully saturated rings. The predicted molar refractivity (Wildman–Crippen MR) is 72.9 cm³/mol. The zero-order valence-electron chi connectivity index (χ0n) is 11.2. The number of carbonyl (C=O) groups excluding carboxylic acids is 1. The van der Waals surface area contributed by atoms with Crippen LogP contribution in [0.4, 0.5) is 4.39 Å². The van der Waals surface area contributed by atoms with E-state index in [9.17, 15) is 14.4 Å². The van der Waals surface area contributed by atoms with E-state index in [0.29, 0.717) is 36.2 Å². The van der Waals surface area contributed by atoms with Gasteiger partial charge in [-0.1, -0.05) is 12.1 Å². The van der Waals surface area contributed by atoms with Crippen molar-refractivity contribution in [3.8, 4) is 6.07 Å². The van der Waals surface area contributed by atoms with Crippen molar-refractivity contribution in [3.63, 3.8) is 0 Å². The Morgan fingerprint density at radius 3 is 2.90 bits per heavy atom. The quantitative estimate of drug-likeness (QED) is 0.860. The standard InChI is InChI=1S/C16H13FN2O2/c17-10-4-1-3-9(7-10)14-11(8-18)16(19)21-13-6-2-5-12(20)15(13)14/h1,3-4,7,14H,2,5-6,19H2. The van der Waals surface area contributed by atoms with Crippen LogP contribution in [0.25, 0.3) is 0 Å². The molecule has 4 nitrogen and oxygen atoms in total. The molecule has 0 radical (unpaired) electrons. The molecular weight excluding hydrogens is 271 g/mol. The van der Waals surface area contributed by atoms with Gasteiger partial charge in [0.05, 0.1) is 5.92 Å². The smallest absolute Gasteiger partial charge is 0.205 e. The van der Waals surface area contributed by atoms with Crippen molar-refractivity contribution in [2.24, 2.45) is 5.73 Å². The number of allylic oxidation sites excluding steroid dienone is 3. The van der Waals surface area contributed by atoms with E-state index in [2.05, 4.69) is 0 Å². The molecule has 1 heterocycles. The molecule has 2 aliphatic rings. The van der Waals surface area contributed by atoms with Crippen LogP contribution in [0.5, 0.6) is 0 Å². The third kappa shape index (κ3) is 2.19. The third-order valence-electron chi connectivity index (χ3n) is 3.79. The van der Waals surface area contributed by atoms with Gasteiger partial charge < -0.3 is 10.5 Å². The molecule has 0 aromatic heterocycles. The number of nitrogens with zero attached hydrogens (tertiary/aromatic N) is 1. The minimum absolute atomic E-state index is 0.000196. The molecule has 1 aromatic carbocycles. The van der Waals surface area contributed by atoms with Crippen molar-refractivity contribution in [1.82, 2.24) is 0 Å². The number of hydrogen-bond acceptors (Lipinski definition) is 4. The number of ketones is 1. The van der Waals surface area contributed by atoms with Crippen molar-refractivity contribution in [2.45, 2.75) is 25.2 Å². The number of rotatable bonds is 1. The fourth-order valence-corrected chi connectivity index (χ4v) is 2.88. The number of hydrogen-bond donors (Lipinski definition) is 1. The van der Waals surface area contributed by atoms with E-state index in [1.807, 2.05) is 6.07 Å². The largest absolute Gasteiger partial charge is 0.444 e. The summed E-state index contributed by atoms with van der Waals surface area (Å²) in [5.74, 6) is -0.606. The molecule has 0 bridgehead atoms. The topological polar surface area (TPSA) is 76.1 Å². The lowest BCUT2D eigenvalue weighted by Gasteiger charge is -2.30. The summed E-state index contributed by atoms with van der Waals surface area (Å²) in [6.07, 6.45) is 1.71. The fourth-order valence-electron chi connectivity index (χ4n) is 2.88. The number of halogens is 1. The summed E-state index contributed by atoms with van der Waals surface area (Å²) in [4.78, 5) is 12.3. The fraction of sp³-hybridized carbons (Fsp3) is 0.250. The second-order valence-electron chi connectivity index (χ2n) is 5.09. The van der Waals surface area contributed by atoms with Crippen LogP contribution in [-0.2, 0) is 9.53 Å². The average Bonchev–Trinajstić information content (AvgIpc) is 2.46. The third-order valence-corrected chi connectivity index (χ3v) is 3.79. The Kier molecular flexibility index (Phi) is 3.22. The van der Waals surface area contributed by atoms with Gasteiger partial charge in [0.1, 0.15) is 23.2 Å². The predicted octanol–water partition coefficient (Wildman–Crippen LogP) is 2.64. The Labute approximate surface area is 121 Å². The summed E-state index contributed by atoms with van der Waals surface area (Å²) in [6, 6.07) is 7.89. The maximum atomic E-state index is 13.5. The van der Waals surface area contributed by atoms with Crippen molar-refractivity contribution in [1.29, 1.82) is 5.26 Å². The highest BCUT2D eigenvalue weighted by atomic mass is 19.1. The van der Waals surface area contributed by atoms with Crippen LogP contribution in [0, 0.1) is 17.1 Å². The minimum Gasteiger partial charge on any atom is -0.444 e. The normalized spacial score (nSPS) is 21.7. The zero-order chi connectivity index (χ0) is 15.0. The first kappa shape index (κ1) is 13.4. The van der Waals surface area contributed by atoms with E-state index in [4.69, 9.17) is 10.5 Å². The number of Topliss-reactive ketones (excluding diaryl/α,β-unsaturated/α-hetero) is 1. The summed E-state index contributed by atoms with van der Waals surface area (Å²) in [5.41, 5.74) is 6.95. The summed E-state index contributed by atoms with van der Waals surface area (Å²) in [7, 11) is 0. The summed E-state index contributed by atoms with van der Waals surface area (Å²) in [6.45, 7) is 0. The van der Waals surface area contributed by atoms with E-state index in [-0.39, 0.29) is 17.2 Å². The van der Waals surface area contributed by atoms with Gasteiger partial charge in [0.15, 0.2) is 5.78 Å².